The Hall–Kier alpha value is -1.02. The highest BCUT2D eigenvalue weighted by atomic mass is 16.3. The van der Waals surface area contributed by atoms with E-state index in [1.807, 2.05) is 19.1 Å². The minimum absolute atomic E-state index is 0.330. The van der Waals surface area contributed by atoms with Crippen LogP contribution >= 0.6 is 0 Å². The molecule has 0 radical (unpaired) electrons. The van der Waals surface area contributed by atoms with Gasteiger partial charge in [-0.3, -0.25) is 0 Å². The van der Waals surface area contributed by atoms with Gasteiger partial charge in [0.2, 0.25) is 0 Å². The van der Waals surface area contributed by atoms with E-state index >= 15 is 0 Å². The standard InChI is InChI=1S/C12H17NO/c1-9-3-4-11(14)10(7-9)8-13-12(2)5-6-12/h3-4,7,13-14H,5-6,8H2,1-2H3. The van der Waals surface area contributed by atoms with Crippen molar-refractivity contribution in [1.29, 1.82) is 0 Å². The smallest absolute Gasteiger partial charge is 0.120 e. The summed E-state index contributed by atoms with van der Waals surface area (Å²) in [6, 6.07) is 5.73. The summed E-state index contributed by atoms with van der Waals surface area (Å²) >= 11 is 0. The van der Waals surface area contributed by atoms with Crippen LogP contribution in [0.3, 0.4) is 0 Å². The van der Waals surface area contributed by atoms with Crippen LogP contribution in [-0.2, 0) is 6.54 Å². The van der Waals surface area contributed by atoms with Crippen LogP contribution in [0.15, 0.2) is 18.2 Å². The average molecular weight is 191 g/mol. The van der Waals surface area contributed by atoms with E-state index in [1.54, 1.807) is 6.07 Å². The zero-order valence-corrected chi connectivity index (χ0v) is 8.80. The molecular formula is C12H17NO. The summed E-state index contributed by atoms with van der Waals surface area (Å²) in [6.07, 6.45) is 2.50. The van der Waals surface area contributed by atoms with Crippen molar-refractivity contribution < 1.29 is 5.11 Å². The molecule has 1 aromatic carbocycles. The van der Waals surface area contributed by atoms with Crippen molar-refractivity contribution in [3.8, 4) is 5.75 Å². The van der Waals surface area contributed by atoms with Gasteiger partial charge in [-0.2, -0.15) is 0 Å². The van der Waals surface area contributed by atoms with E-state index in [2.05, 4.69) is 12.2 Å². The van der Waals surface area contributed by atoms with E-state index in [1.165, 1.54) is 18.4 Å². The molecule has 0 aromatic heterocycles. The normalized spacial score (nSPS) is 18.1. The van der Waals surface area contributed by atoms with E-state index in [9.17, 15) is 5.11 Å². The lowest BCUT2D eigenvalue weighted by atomic mass is 10.1. The predicted molar refractivity (Wildman–Crippen MR) is 57.3 cm³/mol. The number of hydrogen-bond acceptors (Lipinski definition) is 2. The Morgan fingerprint density at radius 1 is 1.43 bits per heavy atom. The van der Waals surface area contributed by atoms with Crippen LogP contribution in [0, 0.1) is 6.92 Å². The van der Waals surface area contributed by atoms with E-state index < -0.39 is 0 Å². The van der Waals surface area contributed by atoms with Crippen molar-refractivity contribution in [3.05, 3.63) is 29.3 Å². The highest BCUT2D eigenvalue weighted by Crippen LogP contribution is 2.35. The monoisotopic (exact) mass is 191 g/mol. The van der Waals surface area contributed by atoms with Crippen LogP contribution < -0.4 is 5.32 Å². The second-order valence-corrected chi connectivity index (χ2v) is 4.55. The van der Waals surface area contributed by atoms with Crippen LogP contribution in [0.1, 0.15) is 30.9 Å². The fourth-order valence-electron chi connectivity index (χ4n) is 1.53. The van der Waals surface area contributed by atoms with Crippen molar-refractivity contribution in [2.75, 3.05) is 0 Å². The Bertz CT molecular complexity index is 342. The van der Waals surface area contributed by atoms with Gasteiger partial charge in [-0.1, -0.05) is 17.7 Å². The van der Waals surface area contributed by atoms with Crippen molar-refractivity contribution in [2.24, 2.45) is 0 Å². The molecule has 1 saturated carbocycles. The maximum Gasteiger partial charge on any atom is 0.120 e. The molecule has 0 atom stereocenters. The van der Waals surface area contributed by atoms with E-state index in [4.69, 9.17) is 0 Å². The SMILES string of the molecule is Cc1ccc(O)c(CNC2(C)CC2)c1. The molecule has 0 heterocycles. The highest BCUT2D eigenvalue weighted by molar-refractivity contribution is 5.35. The third-order valence-corrected chi connectivity index (χ3v) is 2.94. The second kappa shape index (κ2) is 3.28. The molecule has 0 amide bonds. The summed E-state index contributed by atoms with van der Waals surface area (Å²) in [5, 5.41) is 13.1. The zero-order chi connectivity index (χ0) is 10.2. The molecule has 1 aromatic rings. The lowest BCUT2D eigenvalue weighted by Gasteiger charge is -2.12. The van der Waals surface area contributed by atoms with Crippen LogP contribution in [0.4, 0.5) is 0 Å². The highest BCUT2D eigenvalue weighted by Gasteiger charge is 2.36. The van der Waals surface area contributed by atoms with Gasteiger partial charge in [-0.25, -0.2) is 0 Å². The van der Waals surface area contributed by atoms with Crippen molar-refractivity contribution in [1.82, 2.24) is 5.32 Å². The van der Waals surface area contributed by atoms with Crippen LogP contribution in [-0.4, -0.2) is 10.6 Å². The van der Waals surface area contributed by atoms with E-state index in [0.717, 1.165) is 12.1 Å². The number of hydrogen-bond donors (Lipinski definition) is 2. The molecule has 2 rings (SSSR count). The largest absolute Gasteiger partial charge is 0.508 e. The van der Waals surface area contributed by atoms with E-state index in [0.29, 0.717) is 11.3 Å². The van der Waals surface area contributed by atoms with Gasteiger partial charge < -0.3 is 10.4 Å². The number of aryl methyl sites for hydroxylation is 1. The van der Waals surface area contributed by atoms with Crippen molar-refractivity contribution in [3.63, 3.8) is 0 Å². The van der Waals surface area contributed by atoms with Crippen LogP contribution in [0.2, 0.25) is 0 Å². The third kappa shape index (κ3) is 2.07. The molecule has 2 nitrogen and oxygen atoms in total. The molecule has 0 unspecified atom stereocenters. The van der Waals surface area contributed by atoms with Gasteiger partial charge >= 0.3 is 0 Å². The number of phenols is 1. The molecule has 0 aliphatic heterocycles. The van der Waals surface area contributed by atoms with E-state index in [-0.39, 0.29) is 0 Å². The first kappa shape index (κ1) is 9.53. The summed E-state index contributed by atoms with van der Waals surface area (Å²) in [4.78, 5) is 0. The Balaban J connectivity index is 2.04. The van der Waals surface area contributed by atoms with Gasteiger partial charge in [0.25, 0.3) is 0 Å². The molecule has 14 heavy (non-hydrogen) atoms. The van der Waals surface area contributed by atoms with Crippen LogP contribution in [0.5, 0.6) is 5.75 Å². The molecule has 76 valence electrons. The zero-order valence-electron chi connectivity index (χ0n) is 8.80. The maximum atomic E-state index is 9.61. The Morgan fingerprint density at radius 3 is 2.79 bits per heavy atom. The lowest BCUT2D eigenvalue weighted by molar-refractivity contribution is 0.457. The Morgan fingerprint density at radius 2 is 2.14 bits per heavy atom. The summed E-state index contributed by atoms with van der Waals surface area (Å²) in [5.74, 6) is 0.396. The molecule has 2 N–H and O–H groups in total. The first-order chi connectivity index (χ1) is 6.59. The van der Waals surface area contributed by atoms with Gasteiger partial charge in [-0.05, 0) is 32.8 Å². The summed E-state index contributed by atoms with van der Waals surface area (Å²) in [7, 11) is 0. The first-order valence-electron chi connectivity index (χ1n) is 5.13. The number of aromatic hydroxyl groups is 1. The predicted octanol–water partition coefficient (Wildman–Crippen LogP) is 2.34. The third-order valence-electron chi connectivity index (χ3n) is 2.94. The number of rotatable bonds is 3. The molecule has 0 bridgehead atoms. The van der Waals surface area contributed by atoms with Crippen molar-refractivity contribution in [2.45, 2.75) is 38.8 Å². The lowest BCUT2D eigenvalue weighted by Crippen LogP contribution is -2.26. The fourth-order valence-corrected chi connectivity index (χ4v) is 1.53. The molecule has 1 aliphatic rings. The van der Waals surface area contributed by atoms with Gasteiger partial charge in [-0.15, -0.1) is 0 Å². The molecule has 0 spiro atoms. The van der Waals surface area contributed by atoms with Gasteiger partial charge in [0.15, 0.2) is 0 Å². The average Bonchev–Trinajstić information content (AvgIpc) is 2.87. The summed E-state index contributed by atoms with van der Waals surface area (Å²) in [6.45, 7) is 5.03. The maximum absolute atomic E-state index is 9.61. The Kier molecular flexibility index (Phi) is 2.23. The molecule has 1 fully saturated rings. The number of benzene rings is 1. The second-order valence-electron chi connectivity index (χ2n) is 4.55. The minimum atomic E-state index is 0.330. The molecule has 2 heteroatoms. The Labute approximate surface area is 85.0 Å². The van der Waals surface area contributed by atoms with Crippen molar-refractivity contribution >= 4 is 0 Å². The topological polar surface area (TPSA) is 32.3 Å². The minimum Gasteiger partial charge on any atom is -0.508 e. The number of nitrogens with one attached hydrogen (secondary N) is 1. The molecule has 1 aliphatic carbocycles. The summed E-state index contributed by atoms with van der Waals surface area (Å²) in [5.41, 5.74) is 2.52. The van der Waals surface area contributed by atoms with Gasteiger partial charge in [0.1, 0.15) is 5.75 Å². The summed E-state index contributed by atoms with van der Waals surface area (Å²) < 4.78 is 0. The van der Waals surface area contributed by atoms with Gasteiger partial charge in [0.05, 0.1) is 0 Å². The first-order valence-corrected chi connectivity index (χ1v) is 5.13. The van der Waals surface area contributed by atoms with Crippen LogP contribution in [0.25, 0.3) is 0 Å². The molecule has 0 saturated heterocycles. The molecular weight excluding hydrogens is 174 g/mol. The fraction of sp³-hybridized carbons (Fsp3) is 0.500. The van der Waals surface area contributed by atoms with Gasteiger partial charge in [0, 0.05) is 17.6 Å². The quantitative estimate of drug-likeness (QED) is 0.768. The number of phenolic OH excluding ortho intramolecular Hbond substituents is 1.